The number of benzene rings is 1. The molecular weight excluding hydrogens is 240 g/mol. The van der Waals surface area contributed by atoms with E-state index in [1.807, 2.05) is 25.1 Å². The summed E-state index contributed by atoms with van der Waals surface area (Å²) in [5.41, 5.74) is 1.99. The second-order valence-electron chi connectivity index (χ2n) is 4.81. The number of aryl methyl sites for hydroxylation is 1. The summed E-state index contributed by atoms with van der Waals surface area (Å²) in [6.07, 6.45) is 2.16. The Hall–Kier alpha value is -1.50. The van der Waals surface area contributed by atoms with E-state index >= 15 is 0 Å². The summed E-state index contributed by atoms with van der Waals surface area (Å²) in [6.45, 7) is 4.36. The van der Waals surface area contributed by atoms with Gasteiger partial charge in [-0.3, -0.25) is 0 Å². The predicted octanol–water partition coefficient (Wildman–Crippen LogP) is 2.14. The van der Waals surface area contributed by atoms with Crippen LogP contribution in [0.15, 0.2) is 18.2 Å². The van der Waals surface area contributed by atoms with Crippen molar-refractivity contribution in [3.05, 3.63) is 29.3 Å². The Bertz CT molecular complexity index is 465. The van der Waals surface area contributed by atoms with Crippen LogP contribution >= 0.6 is 0 Å². The van der Waals surface area contributed by atoms with Gasteiger partial charge in [0.15, 0.2) is 0 Å². The van der Waals surface area contributed by atoms with Gasteiger partial charge in [0.2, 0.25) is 0 Å². The van der Waals surface area contributed by atoms with Gasteiger partial charge < -0.3 is 14.6 Å². The first kappa shape index (κ1) is 13.9. The highest BCUT2D eigenvalue weighted by Crippen LogP contribution is 2.22. The Kier molecular flexibility index (Phi) is 5.26. The number of aliphatic hydroxyl groups is 1. The van der Waals surface area contributed by atoms with Crippen molar-refractivity contribution >= 4 is 0 Å². The zero-order valence-corrected chi connectivity index (χ0v) is 11.3. The Morgan fingerprint density at radius 2 is 2.16 bits per heavy atom. The van der Waals surface area contributed by atoms with Crippen molar-refractivity contribution in [1.29, 1.82) is 0 Å². The predicted molar refractivity (Wildman–Crippen MR) is 74.2 cm³/mol. The molecule has 1 heterocycles. The molecule has 1 aliphatic rings. The van der Waals surface area contributed by atoms with Crippen LogP contribution in [0.1, 0.15) is 24.0 Å². The molecule has 0 aliphatic carbocycles. The highest BCUT2D eigenvalue weighted by Gasteiger charge is 2.14. The van der Waals surface area contributed by atoms with E-state index in [9.17, 15) is 0 Å². The Balaban J connectivity index is 1.93. The van der Waals surface area contributed by atoms with Gasteiger partial charge in [-0.15, -0.1) is 0 Å². The lowest BCUT2D eigenvalue weighted by molar-refractivity contribution is 0.0496. The maximum Gasteiger partial charge on any atom is 0.122 e. The van der Waals surface area contributed by atoms with E-state index in [0.717, 1.165) is 49.5 Å². The molecule has 0 spiro atoms. The van der Waals surface area contributed by atoms with Gasteiger partial charge in [-0.2, -0.15) is 0 Å². The standard InChI is InChI=1S/C16H20O3/c1-13-11-14(3-2-8-17)4-5-16(13)19-12-15-6-9-18-10-7-15/h4-5,11,15,17H,6-10,12H2,1H3. The third-order valence-corrected chi connectivity index (χ3v) is 3.30. The maximum atomic E-state index is 8.67. The van der Waals surface area contributed by atoms with E-state index in [4.69, 9.17) is 14.6 Å². The molecule has 1 aromatic carbocycles. The van der Waals surface area contributed by atoms with Crippen LogP contribution in [0.2, 0.25) is 0 Å². The first-order chi connectivity index (χ1) is 9.29. The van der Waals surface area contributed by atoms with Gasteiger partial charge in [0.05, 0.1) is 6.61 Å². The molecule has 102 valence electrons. The first-order valence-corrected chi connectivity index (χ1v) is 6.70. The monoisotopic (exact) mass is 260 g/mol. The van der Waals surface area contributed by atoms with E-state index < -0.39 is 0 Å². The molecule has 0 unspecified atom stereocenters. The van der Waals surface area contributed by atoms with Crippen LogP contribution in [0.25, 0.3) is 0 Å². The molecule has 1 saturated heterocycles. The number of hydrogen-bond acceptors (Lipinski definition) is 3. The number of aliphatic hydroxyl groups excluding tert-OH is 1. The average Bonchev–Trinajstić information content (AvgIpc) is 2.45. The molecule has 0 radical (unpaired) electrons. The molecule has 19 heavy (non-hydrogen) atoms. The van der Waals surface area contributed by atoms with Crippen molar-refractivity contribution in [2.45, 2.75) is 19.8 Å². The van der Waals surface area contributed by atoms with Crippen LogP contribution in [0.3, 0.4) is 0 Å². The van der Waals surface area contributed by atoms with Gasteiger partial charge in [0, 0.05) is 18.8 Å². The third kappa shape index (κ3) is 4.27. The summed E-state index contributed by atoms with van der Waals surface area (Å²) >= 11 is 0. The highest BCUT2D eigenvalue weighted by molar-refractivity contribution is 5.43. The molecule has 1 aromatic rings. The van der Waals surface area contributed by atoms with Gasteiger partial charge in [-0.05, 0) is 49.4 Å². The lowest BCUT2D eigenvalue weighted by Crippen LogP contribution is -2.21. The van der Waals surface area contributed by atoms with Crippen LogP contribution in [-0.2, 0) is 4.74 Å². The van der Waals surface area contributed by atoms with E-state index in [2.05, 4.69) is 11.8 Å². The topological polar surface area (TPSA) is 38.7 Å². The van der Waals surface area contributed by atoms with Crippen LogP contribution in [0, 0.1) is 24.7 Å². The van der Waals surface area contributed by atoms with Gasteiger partial charge in [0.1, 0.15) is 12.4 Å². The summed E-state index contributed by atoms with van der Waals surface area (Å²) in [7, 11) is 0. The summed E-state index contributed by atoms with van der Waals surface area (Å²) in [5, 5.41) is 8.67. The number of hydrogen-bond donors (Lipinski definition) is 1. The fourth-order valence-electron chi connectivity index (χ4n) is 2.15. The summed E-state index contributed by atoms with van der Waals surface area (Å²) in [6, 6.07) is 5.87. The fourth-order valence-corrected chi connectivity index (χ4v) is 2.15. The van der Waals surface area contributed by atoms with Crippen molar-refractivity contribution in [3.63, 3.8) is 0 Å². The molecule has 3 nitrogen and oxygen atoms in total. The van der Waals surface area contributed by atoms with Gasteiger partial charge in [0.25, 0.3) is 0 Å². The summed E-state index contributed by atoms with van der Waals surface area (Å²) in [5.74, 6) is 7.06. The van der Waals surface area contributed by atoms with E-state index in [-0.39, 0.29) is 6.61 Å². The smallest absolute Gasteiger partial charge is 0.122 e. The van der Waals surface area contributed by atoms with E-state index in [1.54, 1.807) is 0 Å². The van der Waals surface area contributed by atoms with Gasteiger partial charge in [-0.1, -0.05) is 11.8 Å². The molecule has 1 N–H and O–H groups in total. The normalized spacial score (nSPS) is 15.7. The van der Waals surface area contributed by atoms with Crippen molar-refractivity contribution < 1.29 is 14.6 Å². The third-order valence-electron chi connectivity index (χ3n) is 3.30. The van der Waals surface area contributed by atoms with Crippen LogP contribution in [0.5, 0.6) is 5.75 Å². The Labute approximate surface area is 114 Å². The average molecular weight is 260 g/mol. The number of rotatable bonds is 3. The Morgan fingerprint density at radius 3 is 2.84 bits per heavy atom. The van der Waals surface area contributed by atoms with Gasteiger partial charge in [-0.25, -0.2) is 0 Å². The van der Waals surface area contributed by atoms with Crippen molar-refractivity contribution in [1.82, 2.24) is 0 Å². The minimum Gasteiger partial charge on any atom is -0.493 e. The SMILES string of the molecule is Cc1cc(C#CCO)ccc1OCC1CCOCC1. The lowest BCUT2D eigenvalue weighted by Gasteiger charge is -2.22. The minimum absolute atomic E-state index is 0.110. The molecular formula is C16H20O3. The van der Waals surface area contributed by atoms with E-state index in [0.29, 0.717) is 5.92 Å². The largest absolute Gasteiger partial charge is 0.493 e. The second kappa shape index (κ2) is 7.18. The minimum atomic E-state index is -0.110. The maximum absolute atomic E-state index is 8.67. The first-order valence-electron chi connectivity index (χ1n) is 6.70. The van der Waals surface area contributed by atoms with Crippen molar-refractivity contribution in [2.24, 2.45) is 5.92 Å². The van der Waals surface area contributed by atoms with Crippen LogP contribution < -0.4 is 4.74 Å². The second-order valence-corrected chi connectivity index (χ2v) is 4.81. The van der Waals surface area contributed by atoms with Gasteiger partial charge >= 0.3 is 0 Å². The van der Waals surface area contributed by atoms with Crippen LogP contribution in [-0.4, -0.2) is 31.5 Å². The van der Waals surface area contributed by atoms with Crippen molar-refractivity contribution in [3.8, 4) is 17.6 Å². The van der Waals surface area contributed by atoms with Crippen molar-refractivity contribution in [2.75, 3.05) is 26.4 Å². The zero-order valence-electron chi connectivity index (χ0n) is 11.3. The summed E-state index contributed by atoms with van der Waals surface area (Å²) < 4.78 is 11.2. The quantitative estimate of drug-likeness (QED) is 0.846. The molecule has 0 aromatic heterocycles. The van der Waals surface area contributed by atoms with Crippen LogP contribution in [0.4, 0.5) is 0 Å². The molecule has 1 aliphatic heterocycles. The fraction of sp³-hybridized carbons (Fsp3) is 0.500. The number of ether oxygens (including phenoxy) is 2. The molecule has 0 bridgehead atoms. The molecule has 3 heteroatoms. The van der Waals surface area contributed by atoms with E-state index in [1.165, 1.54) is 0 Å². The molecule has 0 amide bonds. The Morgan fingerprint density at radius 1 is 1.37 bits per heavy atom. The lowest BCUT2D eigenvalue weighted by atomic mass is 10.0. The highest BCUT2D eigenvalue weighted by atomic mass is 16.5. The molecule has 0 saturated carbocycles. The summed E-state index contributed by atoms with van der Waals surface area (Å²) in [4.78, 5) is 0. The molecule has 2 rings (SSSR count). The zero-order chi connectivity index (χ0) is 13.5. The molecule has 0 atom stereocenters. The molecule has 1 fully saturated rings.